The van der Waals surface area contributed by atoms with Gasteiger partial charge in [0.2, 0.25) is 5.91 Å². The molecule has 1 unspecified atom stereocenters. The number of hydrogen-bond donors (Lipinski definition) is 7. The van der Waals surface area contributed by atoms with Crippen LogP contribution in [0.2, 0.25) is 0 Å². The maximum Gasteiger partial charge on any atom is 0.390 e. The number of allylic oxidation sites excluding steroid dienone is 7. The Kier molecular flexibility index (Phi) is 15.8. The van der Waals surface area contributed by atoms with E-state index in [9.17, 15) is 44.6 Å². The number of hydrogen-bond acceptors (Lipinski definition) is 10. The van der Waals surface area contributed by atoms with Crippen LogP contribution in [0.3, 0.4) is 0 Å². The van der Waals surface area contributed by atoms with Gasteiger partial charge in [0, 0.05) is 0 Å². The number of ether oxygens (including phenoxy) is 2. The summed E-state index contributed by atoms with van der Waals surface area (Å²) in [7, 11) is -5.57. The molecule has 14 heteroatoms. The van der Waals surface area contributed by atoms with Gasteiger partial charge in [0.25, 0.3) is 0 Å². The van der Waals surface area contributed by atoms with Crippen LogP contribution in [0.25, 0.3) is 0 Å². The molecule has 8 N–H and O–H groups in total. The van der Waals surface area contributed by atoms with Gasteiger partial charge in [-0.25, -0.2) is 4.79 Å². The molecule has 13 nitrogen and oxygen atoms in total. The molecule has 0 spiro atoms. The second-order valence-electron chi connectivity index (χ2n) is 11.7. The lowest BCUT2D eigenvalue weighted by Crippen LogP contribution is -2.71. The normalized spacial score (nSPS) is 28.7. The molecule has 0 bridgehead atoms. The molecular formula is C30H50NO12P. The zero-order valence-electron chi connectivity index (χ0n) is 26.4. The number of rotatable bonds is 18. The zero-order chi connectivity index (χ0) is 33.9. The number of primary amides is 1. The van der Waals surface area contributed by atoms with Gasteiger partial charge in [-0.3, -0.25) is 9.36 Å². The number of amides is 1. The summed E-state index contributed by atoms with van der Waals surface area (Å²) < 4.78 is 27.6. The average Bonchev–Trinajstić information content (AvgIpc) is 2.90. The summed E-state index contributed by atoms with van der Waals surface area (Å²) in [4.78, 5) is 33.7. The second kappa shape index (κ2) is 17.5. The van der Waals surface area contributed by atoms with Crippen LogP contribution in [-0.2, 0) is 28.2 Å². The Hall–Kier alpha value is -2.19. The molecule has 7 atom stereocenters. The molecule has 0 aromatic heterocycles. The monoisotopic (exact) mass is 647 g/mol. The van der Waals surface area contributed by atoms with Crippen molar-refractivity contribution in [1.29, 1.82) is 0 Å². The first-order chi connectivity index (χ1) is 20.3. The van der Waals surface area contributed by atoms with Crippen molar-refractivity contribution in [2.24, 2.45) is 5.73 Å². The third-order valence-electron chi connectivity index (χ3n) is 7.33. The summed E-state index contributed by atoms with van der Waals surface area (Å²) in [5.74, 6) is -2.97. The smallest absolute Gasteiger partial charge is 0.390 e. The minimum atomic E-state index is -5.57. The highest BCUT2D eigenvalue weighted by Crippen LogP contribution is 2.59. The van der Waals surface area contributed by atoms with E-state index in [0.29, 0.717) is 6.42 Å². The maximum atomic E-state index is 12.9. The molecule has 0 saturated carbocycles. The fourth-order valence-electron chi connectivity index (χ4n) is 4.37. The van der Waals surface area contributed by atoms with Gasteiger partial charge in [-0.1, -0.05) is 46.6 Å². The summed E-state index contributed by atoms with van der Waals surface area (Å²) in [5, 5.41) is 50.8. The summed E-state index contributed by atoms with van der Waals surface area (Å²) in [5.41, 5.74) is 3.83. The van der Waals surface area contributed by atoms with Crippen LogP contribution in [0, 0.1) is 0 Å². The molecule has 1 heterocycles. The third kappa shape index (κ3) is 11.6. The highest BCUT2D eigenvalue weighted by atomic mass is 31.2. The Morgan fingerprint density at radius 1 is 0.909 bits per heavy atom. The minimum absolute atomic E-state index is 0.171. The lowest BCUT2D eigenvalue weighted by Gasteiger charge is -2.49. The predicted molar refractivity (Wildman–Crippen MR) is 163 cm³/mol. The molecule has 1 aliphatic heterocycles. The van der Waals surface area contributed by atoms with E-state index in [0.717, 1.165) is 44.6 Å². The van der Waals surface area contributed by atoms with E-state index in [-0.39, 0.29) is 6.61 Å². The number of aliphatic hydroxyl groups is 4. The molecule has 0 radical (unpaired) electrons. The predicted octanol–water partition coefficient (Wildman–Crippen LogP) is 2.81. The van der Waals surface area contributed by atoms with Crippen LogP contribution in [-0.4, -0.2) is 91.1 Å². The van der Waals surface area contributed by atoms with E-state index in [1.807, 2.05) is 6.92 Å². The number of carbonyl (C=O) groups excluding carboxylic acids is 1. The Morgan fingerprint density at radius 3 is 1.84 bits per heavy atom. The number of carboxylic acid groups (broad SMARTS) is 1. The SMILES string of the molecule is CC(C)=CCC/C(C)=C/CC/C(C)=C/CC/C(C)=C\CO[C@H](COP(=O)(O)[C@]1(O)O[C@H](C(N)=O)[C@@](C)(O)[C@H](O)[C@H]1O)C(=O)O. The topological polar surface area (TPSA) is 226 Å². The highest BCUT2D eigenvalue weighted by Gasteiger charge is 2.68. The third-order valence-corrected chi connectivity index (χ3v) is 9.01. The summed E-state index contributed by atoms with van der Waals surface area (Å²) in [6, 6.07) is 0. The van der Waals surface area contributed by atoms with Crippen molar-refractivity contribution in [1.82, 2.24) is 0 Å². The van der Waals surface area contributed by atoms with Crippen molar-refractivity contribution in [2.75, 3.05) is 13.2 Å². The van der Waals surface area contributed by atoms with Crippen LogP contribution in [0.15, 0.2) is 46.6 Å². The Balaban J connectivity index is 2.66. The first-order valence-electron chi connectivity index (χ1n) is 14.5. The second-order valence-corrected chi connectivity index (χ2v) is 13.6. The molecule has 44 heavy (non-hydrogen) atoms. The number of aliphatic hydroxyl groups excluding tert-OH is 2. The molecular weight excluding hydrogens is 597 g/mol. The largest absolute Gasteiger partial charge is 0.479 e. The maximum absolute atomic E-state index is 12.9. The van der Waals surface area contributed by atoms with E-state index in [1.54, 1.807) is 6.08 Å². The van der Waals surface area contributed by atoms with Crippen LogP contribution >= 0.6 is 7.60 Å². The summed E-state index contributed by atoms with van der Waals surface area (Å²) >= 11 is 0. The molecule has 1 fully saturated rings. The molecule has 1 saturated heterocycles. The van der Waals surface area contributed by atoms with Gasteiger partial charge in [-0.2, -0.15) is 0 Å². The Bertz CT molecular complexity index is 1160. The molecule has 1 amide bonds. The van der Waals surface area contributed by atoms with Crippen molar-refractivity contribution in [3.8, 4) is 0 Å². The first-order valence-corrected chi connectivity index (χ1v) is 16.0. The van der Waals surface area contributed by atoms with Crippen molar-refractivity contribution < 1.29 is 58.6 Å². The molecule has 0 aliphatic carbocycles. The minimum Gasteiger partial charge on any atom is -0.479 e. The number of aliphatic carboxylic acids is 1. The average molecular weight is 648 g/mol. The zero-order valence-corrected chi connectivity index (χ0v) is 27.3. The number of carbonyl (C=O) groups is 2. The summed E-state index contributed by atoms with van der Waals surface area (Å²) in [6.45, 7) is 9.88. The van der Waals surface area contributed by atoms with Gasteiger partial charge in [-0.15, -0.1) is 0 Å². The van der Waals surface area contributed by atoms with E-state index >= 15 is 0 Å². The van der Waals surface area contributed by atoms with Crippen molar-refractivity contribution >= 4 is 19.5 Å². The number of nitrogens with two attached hydrogens (primary N) is 1. The standard InChI is InChI=1S/C30H50NO12P/c1-19(2)10-7-11-20(3)12-8-13-21(4)14-9-15-22(5)16-17-41-23(28(35)36)18-42-44(39,40)30(38)25(33)24(32)29(6,37)26(43-30)27(31)34/h10,12,14,16,23-26,32-33,37-38H,7-9,11,13,15,17-18H2,1-6H3,(H2,31,34)(H,35,36)(H,39,40)/b20-12+,21-14+,22-16-/t23-,24-,25-,26-,29+,30-/m1/s1. The van der Waals surface area contributed by atoms with E-state index in [1.165, 1.54) is 16.7 Å². The Morgan fingerprint density at radius 2 is 1.39 bits per heavy atom. The van der Waals surface area contributed by atoms with Gasteiger partial charge >= 0.3 is 19.1 Å². The van der Waals surface area contributed by atoms with Crippen molar-refractivity contribution in [3.63, 3.8) is 0 Å². The van der Waals surface area contributed by atoms with E-state index < -0.39 is 61.6 Å². The Labute approximate surface area is 259 Å². The quantitative estimate of drug-likeness (QED) is 0.0842. The van der Waals surface area contributed by atoms with Crippen LogP contribution < -0.4 is 5.73 Å². The van der Waals surface area contributed by atoms with Gasteiger partial charge in [0.1, 0.15) is 17.8 Å². The van der Waals surface area contributed by atoms with Crippen LogP contribution in [0.4, 0.5) is 0 Å². The molecule has 252 valence electrons. The van der Waals surface area contributed by atoms with Gasteiger partial charge < -0.3 is 50.2 Å². The fraction of sp³-hybridized carbons (Fsp3) is 0.667. The van der Waals surface area contributed by atoms with Gasteiger partial charge in [0.15, 0.2) is 12.2 Å². The van der Waals surface area contributed by atoms with Crippen molar-refractivity contribution in [2.45, 2.75) is 116 Å². The number of carboxylic acids is 1. The first kappa shape index (κ1) is 39.8. The lowest BCUT2D eigenvalue weighted by molar-refractivity contribution is -0.329. The molecule has 1 rings (SSSR count). The lowest BCUT2D eigenvalue weighted by atomic mass is 9.85. The van der Waals surface area contributed by atoms with Crippen LogP contribution in [0.5, 0.6) is 0 Å². The molecule has 1 aliphatic rings. The van der Waals surface area contributed by atoms with E-state index in [2.05, 4.69) is 45.9 Å². The van der Waals surface area contributed by atoms with Gasteiger partial charge in [0.05, 0.1) is 13.2 Å². The van der Waals surface area contributed by atoms with Crippen molar-refractivity contribution in [3.05, 3.63) is 46.6 Å². The highest BCUT2D eigenvalue weighted by molar-refractivity contribution is 7.54. The van der Waals surface area contributed by atoms with E-state index in [4.69, 9.17) is 19.7 Å². The molecule has 0 aromatic rings. The fourth-order valence-corrected chi connectivity index (χ4v) is 5.60. The summed E-state index contributed by atoms with van der Waals surface area (Å²) in [6.07, 6.45) is 4.83. The molecule has 0 aromatic carbocycles. The van der Waals surface area contributed by atoms with Gasteiger partial charge in [-0.05, 0) is 80.1 Å². The van der Waals surface area contributed by atoms with Crippen LogP contribution in [0.1, 0.15) is 80.1 Å².